The van der Waals surface area contributed by atoms with Gasteiger partial charge in [0.25, 0.3) is 0 Å². The number of hydrogen-bond acceptors (Lipinski definition) is 4. The summed E-state index contributed by atoms with van der Waals surface area (Å²) in [4.78, 5) is 0. The predicted octanol–water partition coefficient (Wildman–Crippen LogP) is 1.37. The largest absolute Gasteiger partial charge is 0.586 e. The smallest absolute Gasteiger partial charge is 0.395 e. The van der Waals surface area contributed by atoms with Crippen molar-refractivity contribution in [3.63, 3.8) is 0 Å². The molecule has 2 rings (SSSR count). The molecule has 4 nitrogen and oxygen atoms in total. The maximum Gasteiger partial charge on any atom is 0.586 e. The van der Waals surface area contributed by atoms with E-state index < -0.39 is 6.29 Å². The molecular weight excluding hydrogens is 196 g/mol. The van der Waals surface area contributed by atoms with E-state index in [9.17, 15) is 8.78 Å². The Morgan fingerprint density at radius 3 is 2.86 bits per heavy atom. The molecule has 0 bridgehead atoms. The van der Waals surface area contributed by atoms with E-state index in [2.05, 4.69) is 14.8 Å². The Balaban J connectivity index is 2.36. The lowest BCUT2D eigenvalue weighted by atomic mass is 10.3. The van der Waals surface area contributed by atoms with Crippen LogP contribution in [0, 0.1) is 0 Å². The minimum Gasteiger partial charge on any atom is -0.395 e. The Labute approximate surface area is 78.1 Å². The van der Waals surface area contributed by atoms with Crippen molar-refractivity contribution in [3.05, 3.63) is 18.2 Å². The van der Waals surface area contributed by atoms with Gasteiger partial charge in [-0.25, -0.2) is 0 Å². The number of benzene rings is 1. The molecule has 0 aromatic heterocycles. The second-order valence-corrected chi connectivity index (χ2v) is 2.64. The zero-order chi connectivity index (χ0) is 10.2. The maximum absolute atomic E-state index is 12.6. The van der Waals surface area contributed by atoms with Crippen molar-refractivity contribution in [2.45, 2.75) is 6.29 Å². The molecule has 1 heterocycles. The third-order valence-electron chi connectivity index (χ3n) is 1.70. The van der Waals surface area contributed by atoms with Crippen LogP contribution in [0.15, 0.2) is 18.2 Å². The van der Waals surface area contributed by atoms with Gasteiger partial charge >= 0.3 is 6.29 Å². The number of para-hydroxylation sites is 1. The first-order chi connectivity index (χ1) is 6.62. The number of aliphatic hydroxyl groups excluding tert-OH is 1. The van der Waals surface area contributed by atoms with Gasteiger partial charge in [-0.1, -0.05) is 6.07 Å². The molecule has 0 saturated carbocycles. The summed E-state index contributed by atoms with van der Waals surface area (Å²) < 4.78 is 33.7. The zero-order valence-electron chi connectivity index (χ0n) is 6.96. The number of halogens is 2. The zero-order valence-corrected chi connectivity index (χ0v) is 6.96. The minimum atomic E-state index is -3.63. The second-order valence-electron chi connectivity index (χ2n) is 2.64. The van der Waals surface area contributed by atoms with Crippen LogP contribution < -0.4 is 14.8 Å². The lowest BCUT2D eigenvalue weighted by Crippen LogP contribution is -2.26. The van der Waals surface area contributed by atoms with Gasteiger partial charge in [0, 0.05) is 0 Å². The number of aliphatic hydroxyl groups is 1. The van der Waals surface area contributed by atoms with E-state index >= 15 is 0 Å². The fourth-order valence-electron chi connectivity index (χ4n) is 1.19. The number of alkyl halides is 2. The van der Waals surface area contributed by atoms with Crippen molar-refractivity contribution < 1.29 is 23.4 Å². The highest BCUT2D eigenvalue weighted by molar-refractivity contribution is 5.64. The summed E-state index contributed by atoms with van der Waals surface area (Å²) in [5.74, 6) is -0.139. The van der Waals surface area contributed by atoms with E-state index in [1.54, 1.807) is 0 Å². The molecule has 6 heteroatoms. The first-order valence-electron chi connectivity index (χ1n) is 3.86. The van der Waals surface area contributed by atoms with Gasteiger partial charge in [0.1, 0.15) is 6.73 Å². The fourth-order valence-corrected chi connectivity index (χ4v) is 1.19. The van der Waals surface area contributed by atoms with Crippen LogP contribution in [-0.4, -0.2) is 18.1 Å². The molecule has 0 atom stereocenters. The molecule has 1 aromatic rings. The van der Waals surface area contributed by atoms with E-state index in [4.69, 9.17) is 5.11 Å². The first-order valence-corrected chi connectivity index (χ1v) is 3.86. The van der Waals surface area contributed by atoms with Crippen LogP contribution >= 0.6 is 0 Å². The summed E-state index contributed by atoms with van der Waals surface area (Å²) in [7, 11) is 0. The van der Waals surface area contributed by atoms with Gasteiger partial charge in [0.15, 0.2) is 11.5 Å². The molecule has 1 aliphatic heterocycles. The summed E-state index contributed by atoms with van der Waals surface area (Å²) in [6.07, 6.45) is -3.63. The number of fused-ring (bicyclic) bond motifs is 1. The van der Waals surface area contributed by atoms with Gasteiger partial charge in [0.2, 0.25) is 0 Å². The number of hydrogen-bond donors (Lipinski definition) is 2. The molecule has 0 spiro atoms. The van der Waals surface area contributed by atoms with Crippen LogP contribution in [0.5, 0.6) is 11.5 Å². The molecular formula is C8H7F2NO3. The highest BCUT2D eigenvalue weighted by atomic mass is 19.3. The van der Waals surface area contributed by atoms with Gasteiger partial charge in [-0.3, -0.25) is 0 Å². The molecule has 1 aromatic carbocycles. The van der Waals surface area contributed by atoms with Crippen LogP contribution in [-0.2, 0) is 0 Å². The van der Waals surface area contributed by atoms with E-state index in [-0.39, 0.29) is 23.9 Å². The summed E-state index contributed by atoms with van der Waals surface area (Å²) in [5, 5.41) is 11.0. The molecule has 0 radical (unpaired) electrons. The molecule has 0 amide bonds. The fraction of sp³-hybridized carbons (Fsp3) is 0.250. The Hall–Kier alpha value is -1.56. The van der Waals surface area contributed by atoms with Crippen molar-refractivity contribution in [3.8, 4) is 11.5 Å². The highest BCUT2D eigenvalue weighted by Crippen LogP contribution is 2.45. The standard InChI is InChI=1S/C8H7F2NO3/c9-8(10)13-6-3-1-2-5(11-4-12)7(6)14-8/h1-3,11-12H,4H2. The summed E-state index contributed by atoms with van der Waals surface area (Å²) in [5.41, 5.74) is 0.266. The van der Waals surface area contributed by atoms with Gasteiger partial charge in [-0.05, 0) is 12.1 Å². The van der Waals surface area contributed by atoms with Crippen LogP contribution in [0.3, 0.4) is 0 Å². The van der Waals surface area contributed by atoms with Gasteiger partial charge in [-0.2, -0.15) is 0 Å². The van der Waals surface area contributed by atoms with Crippen LogP contribution in [0.2, 0.25) is 0 Å². The van der Waals surface area contributed by atoms with Gasteiger partial charge in [0.05, 0.1) is 5.69 Å². The lowest BCUT2D eigenvalue weighted by molar-refractivity contribution is -0.286. The van der Waals surface area contributed by atoms with Gasteiger partial charge in [-0.15, -0.1) is 8.78 Å². The van der Waals surface area contributed by atoms with E-state index in [0.29, 0.717) is 0 Å². The molecule has 14 heavy (non-hydrogen) atoms. The molecule has 76 valence electrons. The molecule has 2 N–H and O–H groups in total. The number of anilines is 1. The molecule has 0 aliphatic carbocycles. The topological polar surface area (TPSA) is 50.7 Å². The quantitative estimate of drug-likeness (QED) is 0.713. The molecule has 0 saturated heterocycles. The molecule has 1 aliphatic rings. The molecule has 0 unspecified atom stereocenters. The molecule has 0 fully saturated rings. The average molecular weight is 203 g/mol. The normalized spacial score (nSPS) is 16.8. The SMILES string of the molecule is OCNc1cccc2c1OC(F)(F)O2. The van der Waals surface area contributed by atoms with Crippen LogP contribution in [0.1, 0.15) is 0 Å². The second kappa shape index (κ2) is 2.98. The Morgan fingerprint density at radius 1 is 1.36 bits per heavy atom. The number of rotatable bonds is 2. The highest BCUT2D eigenvalue weighted by Gasteiger charge is 2.44. The van der Waals surface area contributed by atoms with Crippen LogP contribution in [0.25, 0.3) is 0 Å². The Kier molecular flexibility index (Phi) is 1.92. The van der Waals surface area contributed by atoms with Crippen molar-refractivity contribution in [2.24, 2.45) is 0 Å². The maximum atomic E-state index is 12.6. The Morgan fingerprint density at radius 2 is 2.14 bits per heavy atom. The Bertz CT molecular complexity index is 356. The lowest BCUT2D eigenvalue weighted by Gasteiger charge is -2.07. The summed E-state index contributed by atoms with van der Waals surface area (Å²) in [6, 6.07) is 4.38. The van der Waals surface area contributed by atoms with Crippen molar-refractivity contribution in [1.29, 1.82) is 0 Å². The van der Waals surface area contributed by atoms with E-state index in [0.717, 1.165) is 0 Å². The summed E-state index contributed by atoms with van der Waals surface area (Å²) in [6.45, 7) is -0.370. The third-order valence-corrected chi connectivity index (χ3v) is 1.70. The van der Waals surface area contributed by atoms with Gasteiger partial charge < -0.3 is 19.9 Å². The van der Waals surface area contributed by atoms with Crippen molar-refractivity contribution in [2.75, 3.05) is 12.0 Å². The van der Waals surface area contributed by atoms with Crippen molar-refractivity contribution in [1.82, 2.24) is 0 Å². The summed E-state index contributed by atoms with van der Waals surface area (Å²) >= 11 is 0. The van der Waals surface area contributed by atoms with Crippen LogP contribution in [0.4, 0.5) is 14.5 Å². The van der Waals surface area contributed by atoms with E-state index in [1.807, 2.05) is 0 Å². The first kappa shape index (κ1) is 9.01. The number of nitrogens with one attached hydrogen (secondary N) is 1. The minimum absolute atomic E-state index is 0.0477. The number of ether oxygens (including phenoxy) is 2. The predicted molar refractivity (Wildman–Crippen MR) is 43.4 cm³/mol. The van der Waals surface area contributed by atoms with Crippen molar-refractivity contribution >= 4 is 5.69 Å². The monoisotopic (exact) mass is 203 g/mol. The van der Waals surface area contributed by atoms with E-state index in [1.165, 1.54) is 18.2 Å². The third kappa shape index (κ3) is 1.44. The average Bonchev–Trinajstić information content (AvgIpc) is 2.41.